The maximum atomic E-state index is 12.8. The molecule has 0 unspecified atom stereocenters. The first-order valence-electron chi connectivity index (χ1n) is 6.83. The van der Waals surface area contributed by atoms with Crippen molar-refractivity contribution in [2.75, 3.05) is 5.75 Å². The highest BCUT2D eigenvalue weighted by atomic mass is 35.5. The van der Waals surface area contributed by atoms with Crippen molar-refractivity contribution in [1.29, 1.82) is 0 Å². The van der Waals surface area contributed by atoms with Gasteiger partial charge in [-0.2, -0.15) is 0 Å². The van der Waals surface area contributed by atoms with Gasteiger partial charge in [-0.1, -0.05) is 35.5 Å². The second-order valence-electron chi connectivity index (χ2n) is 4.67. The molecule has 2 aromatic heterocycles. The van der Waals surface area contributed by atoms with Gasteiger partial charge in [-0.15, -0.1) is 21.5 Å². The summed E-state index contributed by atoms with van der Waals surface area (Å²) >= 11 is 8.35. The van der Waals surface area contributed by atoms with Gasteiger partial charge in [0.15, 0.2) is 0 Å². The second-order valence-corrected chi connectivity index (χ2v) is 7.31. The van der Waals surface area contributed by atoms with Gasteiger partial charge in [0.2, 0.25) is 5.91 Å². The van der Waals surface area contributed by atoms with Gasteiger partial charge in [0.25, 0.3) is 11.1 Å². The minimum Gasteiger partial charge on any atom is -0.410 e. The Hall–Kier alpha value is -1.90. The average Bonchev–Trinajstić information content (AvgIpc) is 3.21. The van der Waals surface area contributed by atoms with Crippen molar-refractivity contribution < 1.29 is 13.6 Å². The summed E-state index contributed by atoms with van der Waals surface area (Å²) in [5, 5.41) is 10.9. The van der Waals surface area contributed by atoms with Crippen molar-refractivity contribution in [3.8, 4) is 10.8 Å². The first-order chi connectivity index (χ1) is 11.6. The molecule has 0 aliphatic carbocycles. The molecule has 24 heavy (non-hydrogen) atoms. The van der Waals surface area contributed by atoms with Crippen LogP contribution >= 0.6 is 34.7 Å². The summed E-state index contributed by atoms with van der Waals surface area (Å²) in [4.78, 5) is 12.6. The molecular formula is C15H11ClFN3O2S2. The summed E-state index contributed by atoms with van der Waals surface area (Å²) in [6.45, 7) is 0.336. The Bertz CT molecular complexity index is 835. The number of carbonyl (C=O) groups is 1. The van der Waals surface area contributed by atoms with Gasteiger partial charge in [0.1, 0.15) is 5.82 Å². The molecule has 2 heterocycles. The van der Waals surface area contributed by atoms with Crippen LogP contribution in [0.1, 0.15) is 5.56 Å². The van der Waals surface area contributed by atoms with Crippen LogP contribution in [0.5, 0.6) is 0 Å². The molecule has 5 nitrogen and oxygen atoms in total. The number of nitrogens with zero attached hydrogens (tertiary/aromatic N) is 2. The zero-order chi connectivity index (χ0) is 16.9. The minimum atomic E-state index is -0.306. The van der Waals surface area contributed by atoms with Gasteiger partial charge in [-0.05, 0) is 29.8 Å². The Morgan fingerprint density at radius 2 is 2.04 bits per heavy atom. The third-order valence-corrected chi connectivity index (χ3v) is 4.96. The van der Waals surface area contributed by atoms with Crippen molar-refractivity contribution in [2.24, 2.45) is 0 Å². The number of benzene rings is 1. The van der Waals surface area contributed by atoms with E-state index in [4.69, 9.17) is 16.0 Å². The molecule has 0 bridgehead atoms. The van der Waals surface area contributed by atoms with Gasteiger partial charge < -0.3 is 9.73 Å². The van der Waals surface area contributed by atoms with E-state index in [1.165, 1.54) is 23.5 Å². The first kappa shape index (κ1) is 16.9. The van der Waals surface area contributed by atoms with Gasteiger partial charge in [-0.25, -0.2) is 4.39 Å². The topological polar surface area (TPSA) is 68.0 Å². The second kappa shape index (κ2) is 7.78. The average molecular weight is 384 g/mol. The van der Waals surface area contributed by atoms with Crippen LogP contribution in [0.25, 0.3) is 10.8 Å². The molecule has 0 saturated carbocycles. The molecule has 1 aromatic carbocycles. The zero-order valence-corrected chi connectivity index (χ0v) is 14.6. The SMILES string of the molecule is O=C(CSc1nnc(-c2ccc(Cl)s2)o1)NCc1ccc(F)cc1. The van der Waals surface area contributed by atoms with Crippen LogP contribution in [0, 0.1) is 5.82 Å². The van der Waals surface area contributed by atoms with Crippen LogP contribution in [-0.2, 0) is 11.3 Å². The largest absolute Gasteiger partial charge is 0.410 e. The number of rotatable bonds is 6. The maximum Gasteiger partial charge on any atom is 0.277 e. The highest BCUT2D eigenvalue weighted by Crippen LogP contribution is 2.31. The van der Waals surface area contributed by atoms with E-state index in [1.54, 1.807) is 24.3 Å². The van der Waals surface area contributed by atoms with E-state index in [2.05, 4.69) is 15.5 Å². The van der Waals surface area contributed by atoms with Gasteiger partial charge in [0, 0.05) is 6.54 Å². The molecule has 0 spiro atoms. The highest BCUT2D eigenvalue weighted by molar-refractivity contribution is 7.99. The Balaban J connectivity index is 1.48. The molecule has 1 amide bonds. The van der Waals surface area contributed by atoms with Crippen LogP contribution < -0.4 is 5.32 Å². The summed E-state index contributed by atoms with van der Waals surface area (Å²) < 4.78 is 18.9. The van der Waals surface area contributed by atoms with Crippen LogP contribution in [0.15, 0.2) is 46.0 Å². The fraction of sp³-hybridized carbons (Fsp3) is 0.133. The van der Waals surface area contributed by atoms with E-state index in [0.717, 1.165) is 22.2 Å². The minimum absolute atomic E-state index is 0.147. The molecule has 0 saturated heterocycles. The predicted octanol–water partition coefficient (Wildman–Crippen LogP) is 4.00. The van der Waals surface area contributed by atoms with E-state index in [1.807, 2.05) is 0 Å². The van der Waals surface area contributed by atoms with Crippen molar-refractivity contribution in [3.63, 3.8) is 0 Å². The highest BCUT2D eigenvalue weighted by Gasteiger charge is 2.12. The van der Waals surface area contributed by atoms with Gasteiger partial charge in [-0.3, -0.25) is 4.79 Å². The van der Waals surface area contributed by atoms with Gasteiger partial charge in [0.05, 0.1) is 15.0 Å². The summed E-state index contributed by atoms with van der Waals surface area (Å²) in [5.74, 6) is 0.0396. The van der Waals surface area contributed by atoms with Gasteiger partial charge >= 0.3 is 0 Å². The molecule has 3 rings (SSSR count). The predicted molar refractivity (Wildman–Crippen MR) is 91.6 cm³/mol. The fourth-order valence-corrected chi connectivity index (χ4v) is 3.34. The first-order valence-corrected chi connectivity index (χ1v) is 9.01. The third kappa shape index (κ3) is 4.56. The summed E-state index contributed by atoms with van der Waals surface area (Å²) in [7, 11) is 0. The molecule has 0 aliphatic rings. The molecule has 0 fully saturated rings. The van der Waals surface area contributed by atoms with Crippen LogP contribution in [0.4, 0.5) is 4.39 Å². The number of hydrogen-bond acceptors (Lipinski definition) is 6. The Labute approximate surface area is 150 Å². The van der Waals surface area contributed by atoms with Crippen LogP contribution in [0.3, 0.4) is 0 Å². The molecular weight excluding hydrogens is 373 g/mol. The van der Waals surface area contributed by atoms with E-state index in [-0.39, 0.29) is 17.5 Å². The maximum absolute atomic E-state index is 12.8. The molecule has 3 aromatic rings. The number of hydrogen-bond donors (Lipinski definition) is 1. The molecule has 0 radical (unpaired) electrons. The van der Waals surface area contributed by atoms with Crippen molar-refractivity contribution in [2.45, 2.75) is 11.8 Å². The monoisotopic (exact) mass is 383 g/mol. The lowest BCUT2D eigenvalue weighted by molar-refractivity contribution is -0.118. The quantitative estimate of drug-likeness (QED) is 0.651. The van der Waals surface area contributed by atoms with Crippen LogP contribution in [0.2, 0.25) is 4.34 Å². The van der Waals surface area contributed by atoms with E-state index >= 15 is 0 Å². The number of amides is 1. The summed E-state index contributed by atoms with van der Waals surface area (Å²) in [6.07, 6.45) is 0. The van der Waals surface area contributed by atoms with E-state index < -0.39 is 0 Å². The zero-order valence-electron chi connectivity index (χ0n) is 12.2. The number of thioether (sulfide) groups is 1. The van der Waals surface area contributed by atoms with Crippen molar-refractivity contribution in [1.82, 2.24) is 15.5 Å². The number of thiophene rings is 1. The summed E-state index contributed by atoms with van der Waals surface area (Å²) in [5.41, 5.74) is 0.824. The molecule has 0 atom stereocenters. The number of aromatic nitrogens is 2. The van der Waals surface area contributed by atoms with E-state index in [9.17, 15) is 9.18 Å². The number of carbonyl (C=O) groups excluding carboxylic acids is 1. The Morgan fingerprint density at radius 1 is 1.25 bits per heavy atom. The molecule has 1 N–H and O–H groups in total. The lowest BCUT2D eigenvalue weighted by atomic mass is 10.2. The number of nitrogens with one attached hydrogen (secondary N) is 1. The Kier molecular flexibility index (Phi) is 5.49. The number of halogens is 2. The van der Waals surface area contributed by atoms with Crippen molar-refractivity contribution >= 4 is 40.6 Å². The van der Waals surface area contributed by atoms with E-state index in [0.29, 0.717) is 22.0 Å². The standard InChI is InChI=1S/C15H11ClFN3O2S2/c16-12-6-5-11(24-12)14-19-20-15(22-14)23-8-13(21)18-7-9-1-3-10(17)4-2-9/h1-6H,7-8H2,(H,18,21). The normalized spacial score (nSPS) is 10.8. The smallest absolute Gasteiger partial charge is 0.277 e. The lowest BCUT2D eigenvalue weighted by Gasteiger charge is -2.04. The van der Waals surface area contributed by atoms with Crippen molar-refractivity contribution in [3.05, 3.63) is 52.1 Å². The molecule has 0 aliphatic heterocycles. The third-order valence-electron chi connectivity index (χ3n) is 2.92. The summed E-state index contributed by atoms with van der Waals surface area (Å²) in [6, 6.07) is 9.50. The molecule has 124 valence electrons. The fourth-order valence-electron chi connectivity index (χ4n) is 1.78. The lowest BCUT2D eigenvalue weighted by Crippen LogP contribution is -2.24. The van der Waals surface area contributed by atoms with Crippen LogP contribution in [-0.4, -0.2) is 21.9 Å². The Morgan fingerprint density at radius 3 is 2.75 bits per heavy atom. The molecule has 9 heteroatoms.